The summed E-state index contributed by atoms with van der Waals surface area (Å²) in [5, 5.41) is 10.8. The summed E-state index contributed by atoms with van der Waals surface area (Å²) in [4.78, 5) is 29.8. The minimum atomic E-state index is -0.437. The van der Waals surface area contributed by atoms with Crippen molar-refractivity contribution in [2.45, 2.75) is 45.2 Å². The molecular formula is C19H26N6O2. The van der Waals surface area contributed by atoms with Crippen LogP contribution in [0.5, 0.6) is 0 Å². The van der Waals surface area contributed by atoms with E-state index >= 15 is 0 Å². The maximum absolute atomic E-state index is 13.0. The Morgan fingerprint density at radius 3 is 2.96 bits per heavy atom. The Labute approximate surface area is 158 Å². The van der Waals surface area contributed by atoms with E-state index in [-0.39, 0.29) is 17.4 Å². The second kappa shape index (κ2) is 7.26. The topological polar surface area (TPSA) is 93.8 Å². The van der Waals surface area contributed by atoms with Gasteiger partial charge in [-0.25, -0.2) is 4.98 Å². The third kappa shape index (κ3) is 3.41. The summed E-state index contributed by atoms with van der Waals surface area (Å²) in [7, 11) is 0. The highest BCUT2D eigenvalue weighted by Crippen LogP contribution is 2.38. The molecule has 8 nitrogen and oxygen atoms in total. The summed E-state index contributed by atoms with van der Waals surface area (Å²) in [6.07, 6.45) is 1.72. The van der Waals surface area contributed by atoms with E-state index in [1.807, 2.05) is 24.6 Å². The molecule has 4 rings (SSSR count). The predicted molar refractivity (Wildman–Crippen MR) is 101 cm³/mol. The first kappa shape index (κ1) is 17.9. The number of hydrogen-bond donors (Lipinski definition) is 2. The molecule has 0 saturated carbocycles. The number of hydrogen-bond acceptors (Lipinski definition) is 5. The van der Waals surface area contributed by atoms with E-state index in [0.29, 0.717) is 19.0 Å². The highest BCUT2D eigenvalue weighted by atomic mass is 16.2. The molecule has 1 fully saturated rings. The van der Waals surface area contributed by atoms with E-state index in [2.05, 4.69) is 20.7 Å². The summed E-state index contributed by atoms with van der Waals surface area (Å²) in [5.41, 5.74) is 0.887. The highest BCUT2D eigenvalue weighted by Gasteiger charge is 2.41. The van der Waals surface area contributed by atoms with Crippen LogP contribution in [0.15, 0.2) is 23.0 Å². The Balaban J connectivity index is 1.44. The summed E-state index contributed by atoms with van der Waals surface area (Å²) in [6.45, 7) is 6.69. The zero-order valence-electron chi connectivity index (χ0n) is 15.8. The molecule has 27 heavy (non-hydrogen) atoms. The van der Waals surface area contributed by atoms with Crippen LogP contribution in [0.3, 0.4) is 0 Å². The second-order valence-corrected chi connectivity index (χ2v) is 7.53. The number of pyridine rings is 1. The van der Waals surface area contributed by atoms with E-state index in [0.717, 1.165) is 43.3 Å². The third-order valence-electron chi connectivity index (χ3n) is 5.63. The fourth-order valence-electron chi connectivity index (χ4n) is 4.45. The van der Waals surface area contributed by atoms with Crippen molar-refractivity contribution in [3.05, 3.63) is 45.9 Å². The average molecular weight is 370 g/mol. The summed E-state index contributed by atoms with van der Waals surface area (Å²) >= 11 is 0. The van der Waals surface area contributed by atoms with Crippen molar-refractivity contribution in [1.82, 2.24) is 30.0 Å². The second-order valence-electron chi connectivity index (χ2n) is 7.53. The molecule has 3 atom stereocenters. The fraction of sp³-hybridized carbons (Fsp3) is 0.579. The zero-order valence-corrected chi connectivity index (χ0v) is 15.8. The number of fused-ring (bicyclic) bond motifs is 4. The Kier molecular flexibility index (Phi) is 4.82. The summed E-state index contributed by atoms with van der Waals surface area (Å²) < 4.78 is 3.58. The number of rotatable bonds is 5. The van der Waals surface area contributed by atoms with Gasteiger partial charge < -0.3 is 10.6 Å². The van der Waals surface area contributed by atoms with Gasteiger partial charge in [0.1, 0.15) is 17.7 Å². The molecule has 0 radical (unpaired) electrons. The van der Waals surface area contributed by atoms with Crippen LogP contribution in [0.2, 0.25) is 0 Å². The van der Waals surface area contributed by atoms with Crippen molar-refractivity contribution in [1.29, 1.82) is 0 Å². The van der Waals surface area contributed by atoms with Gasteiger partial charge in [-0.3, -0.25) is 18.8 Å². The normalized spacial score (nSPS) is 23.7. The predicted octanol–water partition coefficient (Wildman–Crippen LogP) is 0.511. The molecule has 2 bridgehead atoms. The maximum atomic E-state index is 13.0. The zero-order chi connectivity index (χ0) is 19.0. The first-order valence-corrected chi connectivity index (χ1v) is 9.62. The van der Waals surface area contributed by atoms with Gasteiger partial charge in [-0.05, 0) is 32.8 Å². The number of amides is 1. The molecule has 1 saturated heterocycles. The quantitative estimate of drug-likeness (QED) is 0.748. The minimum Gasteiger partial charge on any atom is -0.354 e. The molecule has 0 aromatic carbocycles. The molecule has 4 heterocycles. The molecule has 2 aromatic heterocycles. The van der Waals surface area contributed by atoms with Gasteiger partial charge in [0.15, 0.2) is 0 Å². The molecule has 144 valence electrons. The van der Waals surface area contributed by atoms with Crippen LogP contribution in [-0.4, -0.2) is 44.9 Å². The Hall–Kier alpha value is -2.48. The van der Waals surface area contributed by atoms with Gasteiger partial charge in [0.2, 0.25) is 5.91 Å². The number of carbonyl (C=O) groups excluding carboxylic acids is 1. The van der Waals surface area contributed by atoms with Crippen molar-refractivity contribution in [2.24, 2.45) is 5.92 Å². The Morgan fingerprint density at radius 2 is 2.19 bits per heavy atom. The summed E-state index contributed by atoms with van der Waals surface area (Å²) in [5.74, 6) is 2.03. The van der Waals surface area contributed by atoms with Crippen molar-refractivity contribution in [2.75, 3.05) is 19.6 Å². The standard InChI is InChI=1S/C19H26N6O2/c1-12-22-13(2)24(23-12)8-4-7-21-19(27)18-15-9-14(10-20-11-15)16-5-3-6-17(26)25(16)18/h3,5-6,14-15,18,20H,4,7-11H2,1-2H3,(H,21,27)/t14-,15+,18-/m1/s1. The monoisotopic (exact) mass is 370 g/mol. The Bertz CT molecular complexity index is 902. The molecule has 0 unspecified atom stereocenters. The van der Waals surface area contributed by atoms with Gasteiger partial charge in [-0.2, -0.15) is 5.10 Å². The van der Waals surface area contributed by atoms with Gasteiger partial charge in [-0.1, -0.05) is 6.07 Å². The molecule has 1 amide bonds. The van der Waals surface area contributed by atoms with Gasteiger partial charge >= 0.3 is 0 Å². The third-order valence-corrected chi connectivity index (χ3v) is 5.63. The van der Waals surface area contributed by atoms with Crippen LogP contribution in [-0.2, 0) is 11.3 Å². The first-order chi connectivity index (χ1) is 13.0. The molecule has 2 aliphatic rings. The van der Waals surface area contributed by atoms with Crippen molar-refractivity contribution in [3.8, 4) is 0 Å². The van der Waals surface area contributed by atoms with Crippen molar-refractivity contribution < 1.29 is 4.79 Å². The van der Waals surface area contributed by atoms with Gasteiger partial charge in [0, 0.05) is 49.8 Å². The maximum Gasteiger partial charge on any atom is 0.251 e. The molecular weight excluding hydrogens is 344 g/mol. The molecule has 2 N–H and O–H groups in total. The van der Waals surface area contributed by atoms with E-state index in [4.69, 9.17) is 0 Å². The van der Waals surface area contributed by atoms with Crippen LogP contribution in [0.1, 0.15) is 42.1 Å². The molecule has 0 spiro atoms. The van der Waals surface area contributed by atoms with Gasteiger partial charge in [-0.15, -0.1) is 0 Å². The number of aromatic nitrogens is 4. The van der Waals surface area contributed by atoms with E-state index < -0.39 is 6.04 Å². The molecule has 0 aliphatic carbocycles. The lowest BCUT2D eigenvalue weighted by atomic mass is 9.79. The number of aryl methyl sites for hydroxylation is 3. The Morgan fingerprint density at radius 1 is 1.33 bits per heavy atom. The van der Waals surface area contributed by atoms with Gasteiger partial charge in [0.25, 0.3) is 5.56 Å². The lowest BCUT2D eigenvalue weighted by Gasteiger charge is -2.42. The van der Waals surface area contributed by atoms with E-state index in [1.165, 1.54) is 0 Å². The SMILES string of the molecule is Cc1nc(C)n(CCCNC(=O)[C@H]2[C@@H]3CNC[C@@H](C3)c3cccc(=O)n32)n1. The first-order valence-electron chi connectivity index (χ1n) is 9.62. The average Bonchev–Trinajstić information content (AvgIpc) is 2.97. The lowest BCUT2D eigenvalue weighted by molar-refractivity contribution is -0.127. The van der Waals surface area contributed by atoms with Crippen molar-refractivity contribution >= 4 is 5.91 Å². The van der Waals surface area contributed by atoms with Gasteiger partial charge in [0.05, 0.1) is 0 Å². The molecule has 8 heteroatoms. The van der Waals surface area contributed by atoms with E-state index in [9.17, 15) is 9.59 Å². The van der Waals surface area contributed by atoms with Crippen LogP contribution in [0, 0.1) is 19.8 Å². The number of piperidine rings is 1. The number of nitrogens with zero attached hydrogens (tertiary/aromatic N) is 4. The van der Waals surface area contributed by atoms with Crippen LogP contribution < -0.4 is 16.2 Å². The number of carbonyl (C=O) groups is 1. The van der Waals surface area contributed by atoms with Crippen molar-refractivity contribution in [3.63, 3.8) is 0 Å². The molecule has 2 aliphatic heterocycles. The number of nitrogens with one attached hydrogen (secondary N) is 2. The summed E-state index contributed by atoms with van der Waals surface area (Å²) in [6, 6.07) is 4.88. The van der Waals surface area contributed by atoms with Crippen LogP contribution >= 0.6 is 0 Å². The van der Waals surface area contributed by atoms with E-state index in [1.54, 1.807) is 16.7 Å². The lowest BCUT2D eigenvalue weighted by Crippen LogP contribution is -2.52. The molecule has 2 aromatic rings. The minimum absolute atomic E-state index is 0.0665. The largest absolute Gasteiger partial charge is 0.354 e. The van der Waals surface area contributed by atoms with Crippen LogP contribution in [0.4, 0.5) is 0 Å². The highest BCUT2D eigenvalue weighted by molar-refractivity contribution is 5.81. The smallest absolute Gasteiger partial charge is 0.251 e. The van der Waals surface area contributed by atoms with Crippen LogP contribution in [0.25, 0.3) is 0 Å². The fourth-order valence-corrected chi connectivity index (χ4v) is 4.45.